The fourth-order valence-electron chi connectivity index (χ4n) is 6.54. The summed E-state index contributed by atoms with van der Waals surface area (Å²) in [4.78, 5) is 98.5. The molecule has 0 saturated carbocycles. The smallest absolute Gasteiger partial charge is 0.543 e. The Bertz CT molecular complexity index is 2460. The number of β-lactam (4-membered cyclic amide) rings is 2. The van der Waals surface area contributed by atoms with Crippen molar-refractivity contribution < 1.29 is 172 Å². The molecule has 4 aromatic rings. The van der Waals surface area contributed by atoms with Crippen molar-refractivity contribution in [1.82, 2.24) is 60.8 Å². The van der Waals surface area contributed by atoms with E-state index in [0.29, 0.717) is 20.9 Å². The maximum absolute atomic E-state index is 12.7. The number of aliphatic hydroxyl groups is 2. The monoisotopic (exact) mass is 1100 g/mol. The Morgan fingerprint density at radius 2 is 1.07 bits per heavy atom. The van der Waals surface area contributed by atoms with Crippen molar-refractivity contribution in [2.24, 2.45) is 0 Å². The van der Waals surface area contributed by atoms with E-state index in [2.05, 4.69) is 41.7 Å². The van der Waals surface area contributed by atoms with Gasteiger partial charge in [-0.25, -0.2) is 9.36 Å². The Hall–Kier alpha value is -2.63. The first-order valence-electron chi connectivity index (χ1n) is 18.6. The van der Waals surface area contributed by atoms with Crippen LogP contribution in [0.15, 0.2) is 67.9 Å². The molecule has 0 bridgehead atoms. The quantitative estimate of drug-likeness (QED) is 0.0306. The molecule has 4 aromatic heterocycles. The van der Waals surface area contributed by atoms with E-state index >= 15 is 0 Å². The molecule has 2 fully saturated rings. The van der Waals surface area contributed by atoms with Gasteiger partial charge < -0.3 is 50.9 Å². The summed E-state index contributed by atoms with van der Waals surface area (Å²) >= 11 is 6.95. The van der Waals surface area contributed by atoms with E-state index in [1.54, 1.807) is 35.0 Å². The molecule has 4 aliphatic heterocycles. The van der Waals surface area contributed by atoms with Gasteiger partial charge in [0.2, 0.25) is 10.3 Å². The van der Waals surface area contributed by atoms with Gasteiger partial charge in [0.15, 0.2) is 12.2 Å². The van der Waals surface area contributed by atoms with E-state index in [0.717, 1.165) is 42.7 Å². The van der Waals surface area contributed by atoms with Crippen LogP contribution >= 0.6 is 69.7 Å². The number of thioether (sulfide) groups is 4. The number of amides is 4. The molecular formula is C34H30K2N12O14S6. The van der Waals surface area contributed by atoms with Crippen LogP contribution in [-0.4, -0.2) is 164 Å². The summed E-state index contributed by atoms with van der Waals surface area (Å²) in [5.41, 5.74) is 0.168. The Morgan fingerprint density at radius 3 is 1.40 bits per heavy atom. The zero-order valence-electron chi connectivity index (χ0n) is 35.0. The average Bonchev–Trinajstić information content (AvgIpc) is 4.14. The molecule has 6 N–H and O–H groups in total. The largest absolute Gasteiger partial charge is 1.00 e. The average molecular weight is 1100 g/mol. The van der Waals surface area contributed by atoms with E-state index < -0.39 is 95.6 Å². The van der Waals surface area contributed by atoms with Crippen LogP contribution in [-0.2, 0) is 51.4 Å². The topological polar surface area (TPSA) is 381 Å². The summed E-state index contributed by atoms with van der Waals surface area (Å²) in [7, 11) is 0. The Morgan fingerprint density at radius 1 is 0.691 bits per heavy atom. The summed E-state index contributed by atoms with van der Waals surface area (Å²) in [6.07, 6.45) is -2.86. The van der Waals surface area contributed by atoms with Crippen molar-refractivity contribution in [2.75, 3.05) is 23.0 Å². The molecular weight excluding hydrogens is 1070 g/mol. The van der Waals surface area contributed by atoms with Crippen molar-refractivity contribution >= 4 is 117 Å². The number of aromatic nitrogens is 8. The van der Waals surface area contributed by atoms with Crippen LogP contribution in [0.1, 0.15) is 22.0 Å². The number of fused-ring (bicyclic) bond motifs is 2. The van der Waals surface area contributed by atoms with E-state index in [1.807, 2.05) is 0 Å². The van der Waals surface area contributed by atoms with E-state index in [4.69, 9.17) is 10.2 Å². The molecule has 6 atom stereocenters. The fourth-order valence-corrected chi connectivity index (χ4v) is 12.7. The number of tetrazole rings is 2. The number of carbonyl (C=O) groups is 8. The van der Waals surface area contributed by atoms with Gasteiger partial charge in [0.1, 0.15) is 35.9 Å². The number of hydrogen-bond donors (Lipinski definition) is 6. The number of rotatable bonds is 18. The zero-order chi connectivity index (χ0) is 47.4. The first-order valence-corrected chi connectivity index (χ1v) is 24.4. The number of aliphatic carboxylic acids is 4. The van der Waals surface area contributed by atoms with E-state index in [-0.39, 0.29) is 147 Å². The SMILES string of the molecule is O=C(O)Cn1nnnc1SCC1=C(C(=O)[O-])N2C(=O)C(NC(=O)C(O)c3cccs3)[C@H]2SC1.O=C(O)Cn1nnnc1SCC1=C(C(=O)[O-])N2C(=O)C(NC(=O)C(O)c3cccs3)[C@H]2SC1.[K+].[K+]. The van der Waals surface area contributed by atoms with Crippen molar-refractivity contribution in [1.29, 1.82) is 0 Å². The Labute approximate surface area is 491 Å². The van der Waals surface area contributed by atoms with Crippen LogP contribution in [0.4, 0.5) is 0 Å². The third-order valence-electron chi connectivity index (χ3n) is 9.52. The standard InChI is InChI=1S/2C17H16N6O7S3.2K/c2*24-9(25)4-22-17(19-20-21-22)33-6-7-5-32-15-10(14(28)23(15)11(7)16(29)30)18-13(27)12(26)8-2-1-3-31-8;;/h2*1-3,10,12,15,26H,4-6H2,(H,18,27)(H,24,25)(H,29,30);;/q;;2*+1/p-2/t2*10?,12?,15-;;/m11../s1. The van der Waals surface area contributed by atoms with Crippen LogP contribution < -0.4 is 124 Å². The third-order valence-corrected chi connectivity index (χ3v) is 16.1. The third kappa shape index (κ3) is 12.7. The molecule has 0 radical (unpaired) electrons. The van der Waals surface area contributed by atoms with Crippen molar-refractivity contribution in [2.45, 2.75) is 58.4 Å². The van der Waals surface area contributed by atoms with Crippen LogP contribution in [0.5, 0.6) is 0 Å². The van der Waals surface area contributed by atoms with Crippen LogP contribution in [0.25, 0.3) is 0 Å². The fraction of sp³-hybridized carbons (Fsp3) is 0.353. The molecule has 0 spiro atoms. The minimum atomic E-state index is -1.54. The van der Waals surface area contributed by atoms with Crippen LogP contribution in [0.3, 0.4) is 0 Å². The molecule has 34 heteroatoms. The van der Waals surface area contributed by atoms with Gasteiger partial charge in [0.05, 0.1) is 23.3 Å². The molecule has 68 heavy (non-hydrogen) atoms. The molecule has 8 heterocycles. The van der Waals surface area contributed by atoms with E-state index in [1.165, 1.54) is 46.2 Å². The molecule has 2 saturated heterocycles. The van der Waals surface area contributed by atoms with Gasteiger partial charge in [-0.05, 0) is 54.9 Å². The number of hydrogen-bond acceptors (Lipinski definition) is 24. The molecule has 0 aromatic carbocycles. The molecule has 8 rings (SSSR count). The second-order valence-electron chi connectivity index (χ2n) is 13.7. The van der Waals surface area contributed by atoms with Gasteiger partial charge in [-0.1, -0.05) is 35.7 Å². The second kappa shape index (κ2) is 25.2. The number of aliphatic hydroxyl groups excluding tert-OH is 2. The van der Waals surface area contributed by atoms with Gasteiger partial charge in [0, 0.05) is 32.8 Å². The van der Waals surface area contributed by atoms with Crippen molar-refractivity contribution in [3.8, 4) is 0 Å². The zero-order valence-corrected chi connectivity index (χ0v) is 46.1. The van der Waals surface area contributed by atoms with Crippen LogP contribution in [0, 0.1) is 0 Å². The normalized spacial score (nSPS) is 20.1. The number of thiophene rings is 2. The number of nitrogens with zero attached hydrogens (tertiary/aromatic N) is 10. The number of nitrogens with one attached hydrogen (secondary N) is 2. The molecule has 26 nitrogen and oxygen atoms in total. The molecule has 0 aliphatic carbocycles. The summed E-state index contributed by atoms with van der Waals surface area (Å²) < 4.78 is 2.12. The predicted molar refractivity (Wildman–Crippen MR) is 225 cm³/mol. The summed E-state index contributed by atoms with van der Waals surface area (Å²) in [6.45, 7) is -0.913. The number of carbonyl (C=O) groups excluding carboxylic acids is 6. The molecule has 4 amide bonds. The van der Waals surface area contributed by atoms with Gasteiger partial charge in [-0.2, -0.15) is 0 Å². The minimum Gasteiger partial charge on any atom is -0.543 e. The summed E-state index contributed by atoms with van der Waals surface area (Å²) in [5.74, 6) is -7.50. The van der Waals surface area contributed by atoms with Gasteiger partial charge in [-0.3, -0.25) is 38.6 Å². The number of carboxylic acids is 4. The van der Waals surface area contributed by atoms with Crippen molar-refractivity contribution in [3.05, 3.63) is 67.3 Å². The summed E-state index contributed by atoms with van der Waals surface area (Å²) in [5, 5.41) is 90.6. The maximum Gasteiger partial charge on any atom is 1.00 e. The second-order valence-corrected chi connectivity index (χ2v) is 19.8. The first-order chi connectivity index (χ1) is 31.5. The van der Waals surface area contributed by atoms with Gasteiger partial charge >= 0.3 is 115 Å². The van der Waals surface area contributed by atoms with Gasteiger partial charge in [-0.15, -0.1) is 56.4 Å². The maximum atomic E-state index is 12.7. The molecule has 348 valence electrons. The first kappa shape index (κ1) is 56.3. The van der Waals surface area contributed by atoms with Gasteiger partial charge in [0.25, 0.3) is 23.6 Å². The summed E-state index contributed by atoms with van der Waals surface area (Å²) in [6, 6.07) is 4.58. The number of carboxylic acid groups (broad SMARTS) is 4. The van der Waals surface area contributed by atoms with E-state index in [9.17, 15) is 58.8 Å². The Kier molecular flexibility index (Phi) is 20.8. The predicted octanol–water partition coefficient (Wildman–Crippen LogP) is -9.89. The Balaban J connectivity index is 0.000000247. The molecule has 4 aliphatic rings. The molecule has 4 unspecified atom stereocenters. The van der Waals surface area contributed by atoms with Crippen molar-refractivity contribution in [3.63, 3.8) is 0 Å². The minimum absolute atomic E-state index is 0. The van der Waals surface area contributed by atoms with Crippen LogP contribution in [0.2, 0.25) is 0 Å².